The van der Waals surface area contributed by atoms with Gasteiger partial charge >= 0.3 is 6.09 Å². The molecule has 1 aromatic carbocycles. The number of thiocarbonyl (C=S) groups is 1. The van der Waals surface area contributed by atoms with Crippen LogP contribution in [0, 0.1) is 5.82 Å². The second-order valence-corrected chi connectivity index (χ2v) is 6.95. The Hall–Kier alpha value is -2.70. The van der Waals surface area contributed by atoms with E-state index in [9.17, 15) is 14.0 Å². The lowest BCUT2D eigenvalue weighted by Gasteiger charge is -2.24. The van der Waals surface area contributed by atoms with Crippen molar-refractivity contribution in [3.05, 3.63) is 24.0 Å². The van der Waals surface area contributed by atoms with Crippen LogP contribution in [0.1, 0.15) is 6.92 Å². The Morgan fingerprint density at radius 1 is 1.38 bits per heavy atom. The van der Waals surface area contributed by atoms with Gasteiger partial charge < -0.3 is 15.0 Å². The first-order chi connectivity index (χ1) is 13.9. The monoisotopic (exact) mass is 426 g/mol. The average molecular weight is 426 g/mol. The van der Waals surface area contributed by atoms with Crippen LogP contribution in [0.4, 0.5) is 20.6 Å². The minimum absolute atomic E-state index is 0.210. The minimum Gasteiger partial charge on any atom is -0.442 e. The number of nitrogens with one attached hydrogen (secondary N) is 2. The predicted octanol–water partition coefficient (Wildman–Crippen LogP) is 0.0888. The van der Waals surface area contributed by atoms with Gasteiger partial charge in [0.05, 0.1) is 37.6 Å². The molecule has 12 heteroatoms. The fourth-order valence-electron chi connectivity index (χ4n) is 3.14. The highest BCUT2D eigenvalue weighted by atomic mass is 32.1. The van der Waals surface area contributed by atoms with Crippen molar-refractivity contribution in [3.8, 4) is 0 Å². The number of rotatable bonds is 4. The van der Waals surface area contributed by atoms with Crippen LogP contribution in [0.2, 0.25) is 0 Å². The third-order valence-electron chi connectivity index (χ3n) is 4.57. The number of carbonyl (C=O) groups is 2. The van der Waals surface area contributed by atoms with Crippen LogP contribution in [0.25, 0.3) is 0 Å². The summed E-state index contributed by atoms with van der Waals surface area (Å²) in [5.74, 6) is 4.63. The van der Waals surface area contributed by atoms with Gasteiger partial charge in [-0.3, -0.25) is 20.0 Å². The van der Waals surface area contributed by atoms with E-state index in [-0.39, 0.29) is 24.1 Å². The number of hydroxylamine groups is 2. The van der Waals surface area contributed by atoms with Gasteiger partial charge in [-0.2, -0.15) is 0 Å². The van der Waals surface area contributed by atoms with E-state index in [1.807, 2.05) is 4.90 Å². The zero-order valence-electron chi connectivity index (χ0n) is 15.9. The van der Waals surface area contributed by atoms with Crippen molar-refractivity contribution < 1.29 is 23.6 Å². The number of hydrazine groups is 1. The molecule has 0 bridgehead atoms. The highest BCUT2D eigenvalue weighted by Gasteiger charge is 2.33. The number of nitrogens with two attached hydrogens (primary N) is 1. The molecule has 29 heavy (non-hydrogen) atoms. The van der Waals surface area contributed by atoms with Crippen molar-refractivity contribution in [3.63, 3.8) is 0 Å². The van der Waals surface area contributed by atoms with Crippen molar-refractivity contribution >= 4 is 40.7 Å². The number of halogens is 1. The Kier molecular flexibility index (Phi) is 6.67. The molecule has 3 rings (SSSR count). The second-order valence-electron chi connectivity index (χ2n) is 6.56. The zero-order chi connectivity index (χ0) is 21.0. The SMILES string of the molecule is CC(=O)NC[C@H]1CN(c2ccc(N3CCON(C(=S)NN)CC3)c(F)c2)C(=O)O1. The van der Waals surface area contributed by atoms with Crippen LogP contribution in [0.5, 0.6) is 0 Å². The molecular formula is C17H23FN6O4S. The molecule has 0 saturated carbocycles. The van der Waals surface area contributed by atoms with E-state index in [1.54, 1.807) is 12.1 Å². The van der Waals surface area contributed by atoms with E-state index in [2.05, 4.69) is 10.7 Å². The van der Waals surface area contributed by atoms with Gasteiger partial charge in [0.2, 0.25) is 11.0 Å². The molecule has 2 saturated heterocycles. The summed E-state index contributed by atoms with van der Waals surface area (Å²) in [5.41, 5.74) is 3.15. The molecule has 4 N–H and O–H groups in total. The number of hydrogen-bond acceptors (Lipinski definition) is 7. The lowest BCUT2D eigenvalue weighted by atomic mass is 10.2. The number of carbonyl (C=O) groups excluding carboxylic acids is 2. The number of amides is 2. The molecule has 158 valence electrons. The molecule has 2 aliphatic rings. The summed E-state index contributed by atoms with van der Waals surface area (Å²) < 4.78 is 20.0. The molecular weight excluding hydrogens is 403 g/mol. The fourth-order valence-corrected chi connectivity index (χ4v) is 3.28. The molecule has 2 amide bonds. The summed E-state index contributed by atoms with van der Waals surface area (Å²) in [6.45, 7) is 3.48. The summed E-state index contributed by atoms with van der Waals surface area (Å²) in [5, 5.41) is 4.31. The lowest BCUT2D eigenvalue weighted by Crippen LogP contribution is -2.44. The number of hydrogen-bond donors (Lipinski definition) is 3. The van der Waals surface area contributed by atoms with E-state index < -0.39 is 18.0 Å². The number of cyclic esters (lactones) is 1. The predicted molar refractivity (Wildman–Crippen MR) is 107 cm³/mol. The molecule has 0 aromatic heterocycles. The number of nitrogens with zero attached hydrogens (tertiary/aromatic N) is 3. The van der Waals surface area contributed by atoms with Crippen LogP contribution in [-0.2, 0) is 14.4 Å². The molecule has 2 aliphatic heterocycles. The standard InChI is InChI=1S/C17H23FN6O4S/c1-11(25)20-9-13-10-23(17(26)28-13)12-2-3-15(14(18)8-12)22-4-5-24(16(29)21-19)27-7-6-22/h2-3,8,13H,4-7,9-10,19H2,1H3,(H,20,25)(H,21,29)/t13-/m0/s1. The van der Waals surface area contributed by atoms with Crippen LogP contribution in [0.3, 0.4) is 0 Å². The summed E-state index contributed by atoms with van der Waals surface area (Å²) >= 11 is 5.05. The smallest absolute Gasteiger partial charge is 0.414 e. The van der Waals surface area contributed by atoms with Crippen molar-refractivity contribution in [2.45, 2.75) is 13.0 Å². The van der Waals surface area contributed by atoms with Gasteiger partial charge in [-0.15, -0.1) is 0 Å². The van der Waals surface area contributed by atoms with Gasteiger partial charge in [-0.25, -0.2) is 20.1 Å². The molecule has 0 radical (unpaired) electrons. The summed E-state index contributed by atoms with van der Waals surface area (Å²) in [4.78, 5) is 31.8. The average Bonchev–Trinajstić information content (AvgIpc) is 2.90. The molecule has 2 heterocycles. The molecule has 1 aromatic rings. The third-order valence-corrected chi connectivity index (χ3v) is 4.89. The van der Waals surface area contributed by atoms with E-state index in [1.165, 1.54) is 23.0 Å². The minimum atomic E-state index is -0.575. The molecule has 0 aliphatic carbocycles. The van der Waals surface area contributed by atoms with Crippen LogP contribution < -0.4 is 26.4 Å². The Bertz CT molecular complexity index is 797. The van der Waals surface area contributed by atoms with Crippen molar-refractivity contribution in [1.29, 1.82) is 0 Å². The van der Waals surface area contributed by atoms with E-state index in [0.717, 1.165) is 0 Å². The van der Waals surface area contributed by atoms with Crippen LogP contribution >= 0.6 is 12.2 Å². The molecule has 0 unspecified atom stereocenters. The Morgan fingerprint density at radius 2 is 2.17 bits per heavy atom. The van der Waals surface area contributed by atoms with Gasteiger partial charge in [-0.05, 0) is 30.4 Å². The molecule has 10 nitrogen and oxygen atoms in total. The number of ether oxygens (including phenoxy) is 1. The molecule has 0 spiro atoms. The van der Waals surface area contributed by atoms with E-state index >= 15 is 0 Å². The molecule has 2 fully saturated rings. The molecule has 1 atom stereocenters. The van der Waals surface area contributed by atoms with Gasteiger partial charge in [-0.1, -0.05) is 0 Å². The maximum absolute atomic E-state index is 14.8. The van der Waals surface area contributed by atoms with Crippen LogP contribution in [-0.4, -0.2) is 67.6 Å². The van der Waals surface area contributed by atoms with Gasteiger partial charge in [0, 0.05) is 20.0 Å². The van der Waals surface area contributed by atoms with Crippen molar-refractivity contribution in [1.82, 2.24) is 15.8 Å². The Balaban J connectivity index is 1.66. The topological polar surface area (TPSA) is 112 Å². The number of anilines is 2. The maximum Gasteiger partial charge on any atom is 0.414 e. The van der Waals surface area contributed by atoms with Gasteiger partial charge in [0.15, 0.2) is 0 Å². The summed E-state index contributed by atoms with van der Waals surface area (Å²) in [7, 11) is 0. The highest BCUT2D eigenvalue weighted by molar-refractivity contribution is 7.80. The highest BCUT2D eigenvalue weighted by Crippen LogP contribution is 2.28. The quantitative estimate of drug-likeness (QED) is 0.350. The van der Waals surface area contributed by atoms with Gasteiger partial charge in [0.1, 0.15) is 11.9 Å². The lowest BCUT2D eigenvalue weighted by molar-refractivity contribution is -0.119. The zero-order valence-corrected chi connectivity index (χ0v) is 16.7. The maximum atomic E-state index is 14.8. The summed E-state index contributed by atoms with van der Waals surface area (Å²) in [6.07, 6.45) is -1.06. The Labute approximate surface area is 172 Å². The number of benzene rings is 1. The summed E-state index contributed by atoms with van der Waals surface area (Å²) in [6, 6.07) is 4.58. The Morgan fingerprint density at radius 3 is 2.86 bits per heavy atom. The van der Waals surface area contributed by atoms with E-state index in [4.69, 9.17) is 27.6 Å². The third kappa shape index (κ3) is 5.02. The fraction of sp³-hybridized carbons (Fsp3) is 0.471. The largest absolute Gasteiger partial charge is 0.442 e. The first-order valence-corrected chi connectivity index (χ1v) is 9.48. The van der Waals surface area contributed by atoms with Gasteiger partial charge in [0.25, 0.3) is 0 Å². The first kappa shape index (κ1) is 21.0. The normalized spacial score (nSPS) is 19.6. The van der Waals surface area contributed by atoms with Crippen LogP contribution in [0.15, 0.2) is 18.2 Å². The van der Waals surface area contributed by atoms with Crippen molar-refractivity contribution in [2.75, 3.05) is 49.1 Å². The van der Waals surface area contributed by atoms with E-state index in [0.29, 0.717) is 37.6 Å². The second kappa shape index (κ2) is 9.20. The first-order valence-electron chi connectivity index (χ1n) is 9.07. The van der Waals surface area contributed by atoms with Crippen molar-refractivity contribution in [2.24, 2.45) is 5.84 Å².